The number of aromatic nitrogens is 2. The minimum atomic E-state index is -4.82. The van der Waals surface area contributed by atoms with Crippen LogP contribution in [0.1, 0.15) is 28.8 Å². The zero-order valence-electron chi connectivity index (χ0n) is 17.6. The third kappa shape index (κ3) is 3.62. The molecule has 2 aromatic rings. The highest BCUT2D eigenvalue weighted by Crippen LogP contribution is 2.38. The number of nitrogens with zero attached hydrogens (tertiary/aromatic N) is 5. The zero-order valence-corrected chi connectivity index (χ0v) is 17.6. The number of hydrogen-bond acceptors (Lipinski definition) is 6. The summed E-state index contributed by atoms with van der Waals surface area (Å²) < 4.78 is 51.9. The van der Waals surface area contributed by atoms with E-state index in [0.29, 0.717) is 29.6 Å². The van der Waals surface area contributed by atoms with E-state index < -0.39 is 23.5 Å². The number of nitrogens with one attached hydrogen (secondary N) is 1. The van der Waals surface area contributed by atoms with Crippen LogP contribution in [-0.2, 0) is 11.0 Å². The third-order valence-electron chi connectivity index (χ3n) is 6.28. The van der Waals surface area contributed by atoms with Gasteiger partial charge in [0.25, 0.3) is 5.91 Å². The Hall–Kier alpha value is -3.44. The van der Waals surface area contributed by atoms with Crippen LogP contribution in [-0.4, -0.2) is 65.4 Å². The van der Waals surface area contributed by atoms with E-state index in [1.54, 1.807) is 18.1 Å². The van der Waals surface area contributed by atoms with E-state index in [9.17, 15) is 27.2 Å². The van der Waals surface area contributed by atoms with Gasteiger partial charge in [-0.05, 0) is 31.0 Å². The van der Waals surface area contributed by atoms with Crippen molar-refractivity contribution in [3.8, 4) is 0 Å². The first-order valence-electron chi connectivity index (χ1n) is 10.5. The lowest BCUT2D eigenvalue weighted by molar-refractivity contribution is -0.140. The number of carbonyl (C=O) groups excluding carboxylic acids is 2. The number of likely N-dealkylation sites (N-methyl/N-ethyl adjacent to an activating group) is 1. The van der Waals surface area contributed by atoms with Crippen LogP contribution in [0, 0.1) is 5.82 Å². The molecule has 5 rings (SSSR count). The zero-order chi connectivity index (χ0) is 23.5. The van der Waals surface area contributed by atoms with Crippen molar-refractivity contribution in [1.29, 1.82) is 0 Å². The molecule has 0 aliphatic carbocycles. The van der Waals surface area contributed by atoms with Crippen molar-refractivity contribution in [1.82, 2.24) is 14.9 Å². The molecule has 1 unspecified atom stereocenters. The lowest BCUT2D eigenvalue weighted by atomic mass is 10.0. The van der Waals surface area contributed by atoms with Crippen molar-refractivity contribution in [3.63, 3.8) is 0 Å². The van der Waals surface area contributed by atoms with Crippen LogP contribution in [0.3, 0.4) is 0 Å². The topological polar surface area (TPSA) is 81.7 Å². The van der Waals surface area contributed by atoms with Crippen molar-refractivity contribution in [3.05, 3.63) is 41.3 Å². The predicted octanol–water partition coefficient (Wildman–Crippen LogP) is 2.52. The van der Waals surface area contributed by atoms with Crippen LogP contribution in [0.2, 0.25) is 0 Å². The largest absolute Gasteiger partial charge is 0.419 e. The number of amides is 2. The van der Waals surface area contributed by atoms with Gasteiger partial charge in [0, 0.05) is 32.2 Å². The summed E-state index contributed by atoms with van der Waals surface area (Å²) in [6.07, 6.45) is -1.55. The SMILES string of the molecule is CN1C(=O)C2CCCN2c2nc(NC3CN(C(=O)c4ccc(C(F)(F)F)c(F)c4)C3)ncc21. The molecule has 2 fully saturated rings. The minimum absolute atomic E-state index is 0.0251. The smallest absolute Gasteiger partial charge is 0.348 e. The summed E-state index contributed by atoms with van der Waals surface area (Å²) in [6.45, 7) is 1.28. The number of likely N-dealkylation sites (tertiary alicyclic amines) is 1. The van der Waals surface area contributed by atoms with Gasteiger partial charge >= 0.3 is 6.18 Å². The first kappa shape index (κ1) is 21.4. The molecule has 174 valence electrons. The van der Waals surface area contributed by atoms with Crippen LogP contribution in [0.5, 0.6) is 0 Å². The van der Waals surface area contributed by atoms with Gasteiger partial charge in [-0.15, -0.1) is 0 Å². The highest BCUT2D eigenvalue weighted by molar-refractivity contribution is 6.04. The molecule has 3 aliphatic heterocycles. The Balaban J connectivity index is 1.24. The summed E-state index contributed by atoms with van der Waals surface area (Å²) in [5.74, 6) is -0.955. The number of fused-ring (bicyclic) bond motifs is 3. The maximum atomic E-state index is 13.8. The molecule has 1 aromatic carbocycles. The number of carbonyl (C=O) groups is 2. The second kappa shape index (κ2) is 7.56. The van der Waals surface area contributed by atoms with E-state index in [0.717, 1.165) is 25.5 Å². The lowest BCUT2D eigenvalue weighted by Gasteiger charge is -2.40. The van der Waals surface area contributed by atoms with Crippen LogP contribution in [0.4, 0.5) is 35.0 Å². The maximum Gasteiger partial charge on any atom is 0.419 e. The molecule has 2 saturated heterocycles. The molecule has 0 spiro atoms. The lowest BCUT2D eigenvalue weighted by Crippen LogP contribution is -2.57. The number of halogens is 4. The molecule has 3 aliphatic rings. The molecular formula is C21H20F4N6O2. The number of rotatable bonds is 3. The molecule has 0 saturated carbocycles. The number of alkyl halides is 3. The summed E-state index contributed by atoms with van der Waals surface area (Å²) >= 11 is 0. The average molecular weight is 464 g/mol. The Morgan fingerprint density at radius 3 is 2.70 bits per heavy atom. The number of benzene rings is 1. The molecule has 4 heterocycles. The van der Waals surface area contributed by atoms with Gasteiger partial charge in [0.1, 0.15) is 17.5 Å². The van der Waals surface area contributed by atoms with Gasteiger partial charge in [0.05, 0.1) is 17.8 Å². The van der Waals surface area contributed by atoms with Crippen molar-refractivity contribution in [2.45, 2.75) is 31.1 Å². The minimum Gasteiger partial charge on any atom is -0.348 e. The van der Waals surface area contributed by atoms with Gasteiger partial charge in [-0.3, -0.25) is 9.59 Å². The van der Waals surface area contributed by atoms with E-state index in [-0.39, 0.29) is 36.6 Å². The second-order valence-electron chi connectivity index (χ2n) is 8.39. The molecule has 12 heteroatoms. The Morgan fingerprint density at radius 1 is 1.24 bits per heavy atom. The van der Waals surface area contributed by atoms with Crippen molar-refractivity contribution < 1.29 is 27.2 Å². The van der Waals surface area contributed by atoms with Crippen LogP contribution in [0.15, 0.2) is 24.4 Å². The normalized spacial score (nSPS) is 20.5. The third-order valence-corrected chi connectivity index (χ3v) is 6.28. The van der Waals surface area contributed by atoms with Crippen LogP contribution < -0.4 is 15.1 Å². The fourth-order valence-electron chi connectivity index (χ4n) is 4.48. The Bertz CT molecular complexity index is 1130. The quantitative estimate of drug-likeness (QED) is 0.704. The summed E-state index contributed by atoms with van der Waals surface area (Å²) in [4.78, 5) is 38.8. The second-order valence-corrected chi connectivity index (χ2v) is 8.39. The van der Waals surface area contributed by atoms with E-state index in [1.165, 1.54) is 4.90 Å². The van der Waals surface area contributed by atoms with Crippen molar-refractivity contribution in [2.24, 2.45) is 0 Å². The Morgan fingerprint density at radius 2 is 2.00 bits per heavy atom. The summed E-state index contributed by atoms with van der Waals surface area (Å²) in [6, 6.07) is 1.79. The van der Waals surface area contributed by atoms with Gasteiger partial charge in [-0.1, -0.05) is 0 Å². The first-order valence-corrected chi connectivity index (χ1v) is 10.5. The van der Waals surface area contributed by atoms with Gasteiger partial charge in [0.2, 0.25) is 11.9 Å². The van der Waals surface area contributed by atoms with E-state index >= 15 is 0 Å². The summed E-state index contributed by atoms with van der Waals surface area (Å²) in [5.41, 5.74) is -0.908. The van der Waals surface area contributed by atoms with E-state index in [2.05, 4.69) is 15.3 Å². The highest BCUT2D eigenvalue weighted by Gasteiger charge is 2.41. The summed E-state index contributed by atoms with van der Waals surface area (Å²) in [5, 5.41) is 3.14. The monoisotopic (exact) mass is 464 g/mol. The van der Waals surface area contributed by atoms with Gasteiger partial charge < -0.3 is 20.0 Å². The van der Waals surface area contributed by atoms with Gasteiger partial charge in [-0.25, -0.2) is 9.37 Å². The Labute approximate surface area is 186 Å². The molecule has 1 aromatic heterocycles. The molecule has 33 heavy (non-hydrogen) atoms. The molecule has 0 radical (unpaired) electrons. The summed E-state index contributed by atoms with van der Waals surface area (Å²) in [7, 11) is 1.70. The van der Waals surface area contributed by atoms with Crippen LogP contribution >= 0.6 is 0 Å². The van der Waals surface area contributed by atoms with Crippen LogP contribution in [0.25, 0.3) is 0 Å². The van der Waals surface area contributed by atoms with Crippen molar-refractivity contribution >= 4 is 29.3 Å². The molecule has 8 nitrogen and oxygen atoms in total. The molecule has 1 N–H and O–H groups in total. The fourth-order valence-corrected chi connectivity index (χ4v) is 4.48. The van der Waals surface area contributed by atoms with Gasteiger partial charge in [0.15, 0.2) is 5.82 Å². The van der Waals surface area contributed by atoms with Crippen molar-refractivity contribution in [2.75, 3.05) is 41.8 Å². The number of hydrogen-bond donors (Lipinski definition) is 1. The van der Waals surface area contributed by atoms with E-state index in [1.807, 2.05) is 4.90 Å². The molecular weight excluding hydrogens is 444 g/mol. The van der Waals surface area contributed by atoms with E-state index in [4.69, 9.17) is 0 Å². The van der Waals surface area contributed by atoms with Gasteiger partial charge in [-0.2, -0.15) is 18.2 Å². The molecule has 1 atom stereocenters. The number of anilines is 3. The molecule has 0 bridgehead atoms. The maximum absolute atomic E-state index is 13.8. The molecule has 2 amide bonds. The highest BCUT2D eigenvalue weighted by atomic mass is 19.4. The standard InChI is InChI=1S/C21H20F4N6O2/c1-29-16-8-26-20(28-17(16)31-6-2-3-15(31)19(29)33)27-12-9-30(10-12)18(32)11-4-5-13(14(22)7-11)21(23,24)25/h4-5,7-8,12,15H,2-3,6,9-10H2,1H3,(H,26,27,28). The Kier molecular flexibility index (Phi) is 4.91. The predicted molar refractivity (Wildman–Crippen MR) is 111 cm³/mol. The fraction of sp³-hybridized carbons (Fsp3) is 0.429. The average Bonchev–Trinajstić information content (AvgIpc) is 3.23. The first-order chi connectivity index (χ1) is 15.6.